The molecule has 0 radical (unpaired) electrons. The van der Waals surface area contributed by atoms with Gasteiger partial charge in [0.1, 0.15) is 0 Å². The van der Waals surface area contributed by atoms with E-state index >= 15 is 0 Å². The fourth-order valence-electron chi connectivity index (χ4n) is 3.08. The van der Waals surface area contributed by atoms with Gasteiger partial charge in [0.15, 0.2) is 0 Å². The van der Waals surface area contributed by atoms with E-state index in [1.54, 1.807) is 6.20 Å². The Morgan fingerprint density at radius 2 is 2.17 bits per heavy atom. The molecule has 3 rings (SSSR count). The van der Waals surface area contributed by atoms with Gasteiger partial charge in [0.2, 0.25) is 5.91 Å². The molecule has 1 aromatic carbocycles. The smallest absolute Gasteiger partial charge is 0.223 e. The Hall–Kier alpha value is -1.91. The highest BCUT2D eigenvalue weighted by Gasteiger charge is 2.24. The van der Waals surface area contributed by atoms with Gasteiger partial charge in [-0.25, -0.2) is 0 Å². The summed E-state index contributed by atoms with van der Waals surface area (Å²) in [4.78, 5) is 16.7. The van der Waals surface area contributed by atoms with Gasteiger partial charge in [-0.1, -0.05) is 24.3 Å². The van der Waals surface area contributed by atoms with Crippen molar-refractivity contribution in [2.75, 3.05) is 6.54 Å². The number of rotatable bonds is 4. The molecule has 1 saturated heterocycles. The number of aromatic nitrogens is 1. The minimum atomic E-state index is 0. The lowest BCUT2D eigenvalue weighted by Gasteiger charge is -2.27. The normalized spacial score (nSPS) is 20.0. The maximum absolute atomic E-state index is 12.3. The molecule has 128 valence electrons. The van der Waals surface area contributed by atoms with Gasteiger partial charge in [0.05, 0.1) is 5.69 Å². The van der Waals surface area contributed by atoms with Gasteiger partial charge in [-0.15, -0.1) is 12.4 Å². The van der Waals surface area contributed by atoms with Crippen LogP contribution in [0.5, 0.6) is 0 Å². The van der Waals surface area contributed by atoms with Gasteiger partial charge < -0.3 is 10.6 Å². The Kier molecular flexibility index (Phi) is 6.76. The lowest BCUT2D eigenvalue weighted by atomic mass is 9.92. The summed E-state index contributed by atoms with van der Waals surface area (Å²) in [6.45, 7) is 3.63. The largest absolute Gasteiger partial charge is 0.352 e. The van der Waals surface area contributed by atoms with Crippen LogP contribution in [0.1, 0.15) is 25.3 Å². The van der Waals surface area contributed by atoms with Gasteiger partial charge in [0, 0.05) is 30.3 Å². The third-order valence-corrected chi connectivity index (χ3v) is 4.35. The van der Waals surface area contributed by atoms with Crippen molar-refractivity contribution >= 4 is 18.3 Å². The lowest BCUT2D eigenvalue weighted by molar-refractivity contribution is -0.126. The number of benzene rings is 1. The first-order chi connectivity index (χ1) is 11.2. The Bertz CT molecular complexity index is 663. The molecule has 24 heavy (non-hydrogen) atoms. The number of carbonyl (C=O) groups is 1. The standard InChI is InChI=1S/C19H23N3O.ClH/c1-14-11-17(8-10-20-14)19(23)22-13-15-5-4-6-16(12-15)18-7-2-3-9-21-18;/h2-7,9,12,14,17,20H,8,10-11,13H2,1H3,(H,22,23);1H/t14-,17-;/m0./s1. The summed E-state index contributed by atoms with van der Waals surface area (Å²) >= 11 is 0. The van der Waals surface area contributed by atoms with E-state index in [-0.39, 0.29) is 24.2 Å². The van der Waals surface area contributed by atoms with Gasteiger partial charge in [-0.2, -0.15) is 0 Å². The van der Waals surface area contributed by atoms with Gasteiger partial charge in [-0.05, 0) is 50.1 Å². The maximum Gasteiger partial charge on any atom is 0.223 e. The van der Waals surface area contributed by atoms with E-state index in [9.17, 15) is 4.79 Å². The van der Waals surface area contributed by atoms with E-state index in [1.807, 2.05) is 36.4 Å². The Morgan fingerprint density at radius 3 is 2.92 bits per heavy atom. The molecule has 5 heteroatoms. The van der Waals surface area contributed by atoms with Crippen LogP contribution in [0.2, 0.25) is 0 Å². The van der Waals surface area contributed by atoms with E-state index in [1.165, 1.54) is 0 Å². The molecular formula is C19H24ClN3O. The molecular weight excluding hydrogens is 322 g/mol. The average molecular weight is 346 g/mol. The first-order valence-electron chi connectivity index (χ1n) is 8.24. The topological polar surface area (TPSA) is 54.0 Å². The zero-order chi connectivity index (χ0) is 16.1. The maximum atomic E-state index is 12.3. The Morgan fingerprint density at radius 1 is 1.29 bits per heavy atom. The molecule has 1 aliphatic rings. The fourth-order valence-corrected chi connectivity index (χ4v) is 3.08. The van der Waals surface area contributed by atoms with Crippen LogP contribution in [0, 0.1) is 5.92 Å². The van der Waals surface area contributed by atoms with E-state index in [0.29, 0.717) is 12.6 Å². The van der Waals surface area contributed by atoms with Crippen molar-refractivity contribution < 1.29 is 4.79 Å². The summed E-state index contributed by atoms with van der Waals surface area (Å²) in [5.74, 6) is 0.298. The number of hydrogen-bond donors (Lipinski definition) is 2. The summed E-state index contributed by atoms with van der Waals surface area (Å²) in [5, 5.41) is 6.46. The van der Waals surface area contributed by atoms with Crippen LogP contribution < -0.4 is 10.6 Å². The first-order valence-corrected chi connectivity index (χ1v) is 8.24. The molecule has 0 bridgehead atoms. The molecule has 1 aromatic heterocycles. The lowest BCUT2D eigenvalue weighted by Crippen LogP contribution is -2.42. The number of halogens is 1. The third-order valence-electron chi connectivity index (χ3n) is 4.35. The van der Waals surface area contributed by atoms with Crippen LogP contribution in [0.4, 0.5) is 0 Å². The summed E-state index contributed by atoms with van der Waals surface area (Å²) in [5.41, 5.74) is 3.13. The van der Waals surface area contributed by atoms with Crippen LogP contribution >= 0.6 is 12.4 Å². The van der Waals surface area contributed by atoms with Gasteiger partial charge in [-0.3, -0.25) is 9.78 Å². The molecule has 2 heterocycles. The highest BCUT2D eigenvalue weighted by Crippen LogP contribution is 2.19. The Balaban J connectivity index is 0.00000208. The van der Waals surface area contributed by atoms with Gasteiger partial charge >= 0.3 is 0 Å². The van der Waals surface area contributed by atoms with E-state index in [4.69, 9.17) is 0 Å². The molecule has 0 aliphatic carbocycles. The van der Waals surface area contributed by atoms with Crippen LogP contribution in [-0.2, 0) is 11.3 Å². The molecule has 1 amide bonds. The summed E-state index contributed by atoms with van der Waals surface area (Å²) in [6.07, 6.45) is 3.63. The van der Waals surface area contributed by atoms with Crippen molar-refractivity contribution in [2.45, 2.75) is 32.4 Å². The molecule has 1 fully saturated rings. The Labute approximate surface area is 149 Å². The summed E-state index contributed by atoms with van der Waals surface area (Å²) < 4.78 is 0. The van der Waals surface area contributed by atoms with Crippen molar-refractivity contribution in [3.05, 3.63) is 54.2 Å². The molecule has 0 spiro atoms. The van der Waals surface area contributed by atoms with E-state index in [2.05, 4.69) is 28.6 Å². The van der Waals surface area contributed by atoms with Crippen molar-refractivity contribution in [1.29, 1.82) is 0 Å². The van der Waals surface area contributed by atoms with E-state index in [0.717, 1.165) is 36.2 Å². The van der Waals surface area contributed by atoms with Crippen molar-refractivity contribution in [3.8, 4) is 11.3 Å². The predicted octanol–water partition coefficient (Wildman–Crippen LogP) is 3.17. The number of hydrogen-bond acceptors (Lipinski definition) is 3. The van der Waals surface area contributed by atoms with Gasteiger partial charge in [0.25, 0.3) is 0 Å². The number of pyridine rings is 1. The van der Waals surface area contributed by atoms with Crippen molar-refractivity contribution in [1.82, 2.24) is 15.6 Å². The molecule has 1 aliphatic heterocycles. The molecule has 2 aromatic rings. The molecule has 0 unspecified atom stereocenters. The number of amides is 1. The zero-order valence-electron chi connectivity index (χ0n) is 13.9. The molecule has 2 atom stereocenters. The SMILES string of the molecule is C[C@H]1C[C@@H](C(=O)NCc2cccc(-c3ccccn3)c2)CCN1.Cl. The third kappa shape index (κ3) is 4.79. The van der Waals surface area contributed by atoms with Crippen molar-refractivity contribution in [3.63, 3.8) is 0 Å². The second-order valence-corrected chi connectivity index (χ2v) is 6.21. The first kappa shape index (κ1) is 18.4. The quantitative estimate of drug-likeness (QED) is 0.894. The summed E-state index contributed by atoms with van der Waals surface area (Å²) in [7, 11) is 0. The molecule has 0 saturated carbocycles. The zero-order valence-corrected chi connectivity index (χ0v) is 14.7. The minimum Gasteiger partial charge on any atom is -0.352 e. The fraction of sp³-hybridized carbons (Fsp3) is 0.368. The van der Waals surface area contributed by atoms with Crippen LogP contribution in [0.15, 0.2) is 48.7 Å². The van der Waals surface area contributed by atoms with Crippen LogP contribution in [-0.4, -0.2) is 23.5 Å². The van der Waals surface area contributed by atoms with Crippen LogP contribution in [0.3, 0.4) is 0 Å². The highest BCUT2D eigenvalue weighted by molar-refractivity contribution is 5.85. The number of carbonyl (C=O) groups excluding carboxylic acids is 1. The van der Waals surface area contributed by atoms with Crippen molar-refractivity contribution in [2.24, 2.45) is 5.92 Å². The second-order valence-electron chi connectivity index (χ2n) is 6.21. The van der Waals surface area contributed by atoms with Crippen LogP contribution in [0.25, 0.3) is 11.3 Å². The molecule has 4 nitrogen and oxygen atoms in total. The number of piperidine rings is 1. The number of nitrogens with one attached hydrogen (secondary N) is 2. The molecule has 2 N–H and O–H groups in total. The number of nitrogens with zero attached hydrogens (tertiary/aromatic N) is 1. The average Bonchev–Trinajstić information content (AvgIpc) is 2.61. The second kappa shape index (κ2) is 8.81. The predicted molar refractivity (Wildman–Crippen MR) is 99.0 cm³/mol. The monoisotopic (exact) mass is 345 g/mol. The minimum absolute atomic E-state index is 0. The summed E-state index contributed by atoms with van der Waals surface area (Å²) in [6, 6.07) is 14.5. The van der Waals surface area contributed by atoms with E-state index < -0.39 is 0 Å². The highest BCUT2D eigenvalue weighted by atomic mass is 35.5.